The molecular weight excluding hydrogens is 264 g/mol. The lowest BCUT2D eigenvalue weighted by Gasteiger charge is -2.30. The fourth-order valence-electron chi connectivity index (χ4n) is 2.50. The minimum Gasteiger partial charge on any atom is -0.492 e. The first kappa shape index (κ1) is 15.8. The molecule has 0 radical (unpaired) electrons. The smallest absolute Gasteiger partial charge is 0.120 e. The van der Waals surface area contributed by atoms with E-state index >= 15 is 0 Å². The molecule has 0 saturated carbocycles. The van der Waals surface area contributed by atoms with Crippen molar-refractivity contribution in [3.05, 3.63) is 29.8 Å². The summed E-state index contributed by atoms with van der Waals surface area (Å²) in [5.41, 5.74) is 6.30. The van der Waals surface area contributed by atoms with E-state index in [0.717, 1.165) is 43.8 Å². The Bertz CT molecular complexity index is 485. The van der Waals surface area contributed by atoms with E-state index in [-0.39, 0.29) is 0 Å². The zero-order valence-corrected chi connectivity index (χ0v) is 12.4. The first-order chi connectivity index (χ1) is 10.3. The third-order valence-corrected chi connectivity index (χ3v) is 3.81. The van der Waals surface area contributed by atoms with Gasteiger partial charge in [-0.3, -0.25) is 4.90 Å². The van der Waals surface area contributed by atoms with Crippen LogP contribution >= 0.6 is 0 Å². The molecule has 1 aliphatic heterocycles. The van der Waals surface area contributed by atoms with Crippen molar-refractivity contribution in [2.45, 2.75) is 12.8 Å². The molecule has 0 aliphatic carbocycles. The standard InChI is InChI=1S/C17H24N2O2/c18-8-2-4-15-3-1-5-17(13-15)21-12-11-19-9-6-16(14-20)7-10-19/h1,3,5,13,16,20H,6-12,14,18H2. The predicted octanol–water partition coefficient (Wildman–Crippen LogP) is 1.08. The molecule has 3 N–H and O–H groups in total. The molecule has 1 aromatic rings. The van der Waals surface area contributed by atoms with Crippen molar-refractivity contribution >= 4 is 0 Å². The molecule has 4 heteroatoms. The second-order valence-electron chi connectivity index (χ2n) is 5.35. The molecule has 0 bridgehead atoms. The van der Waals surface area contributed by atoms with Crippen molar-refractivity contribution in [2.75, 3.05) is 39.4 Å². The van der Waals surface area contributed by atoms with Gasteiger partial charge < -0.3 is 15.6 Å². The van der Waals surface area contributed by atoms with Gasteiger partial charge in [-0.15, -0.1) is 0 Å². The van der Waals surface area contributed by atoms with E-state index in [1.165, 1.54) is 0 Å². The number of benzene rings is 1. The first-order valence-electron chi connectivity index (χ1n) is 7.57. The maximum atomic E-state index is 9.13. The fourth-order valence-corrected chi connectivity index (χ4v) is 2.50. The minimum atomic E-state index is 0.320. The van der Waals surface area contributed by atoms with Crippen LogP contribution in [-0.2, 0) is 0 Å². The lowest BCUT2D eigenvalue weighted by atomic mass is 9.98. The van der Waals surface area contributed by atoms with E-state index < -0.39 is 0 Å². The van der Waals surface area contributed by atoms with Gasteiger partial charge in [-0.05, 0) is 50.0 Å². The third kappa shape index (κ3) is 5.39. The lowest BCUT2D eigenvalue weighted by molar-refractivity contribution is 0.119. The summed E-state index contributed by atoms with van der Waals surface area (Å²) in [4.78, 5) is 2.39. The summed E-state index contributed by atoms with van der Waals surface area (Å²) in [5, 5.41) is 9.13. The van der Waals surface area contributed by atoms with Crippen molar-refractivity contribution in [1.29, 1.82) is 0 Å². The number of hydrogen-bond acceptors (Lipinski definition) is 4. The van der Waals surface area contributed by atoms with Crippen LogP contribution in [0.3, 0.4) is 0 Å². The molecule has 1 aliphatic rings. The highest BCUT2D eigenvalue weighted by Gasteiger charge is 2.17. The summed E-state index contributed by atoms with van der Waals surface area (Å²) < 4.78 is 5.79. The van der Waals surface area contributed by atoms with E-state index in [1.54, 1.807) is 0 Å². The maximum absolute atomic E-state index is 9.13. The number of hydrogen-bond donors (Lipinski definition) is 2. The molecule has 1 saturated heterocycles. The van der Waals surface area contributed by atoms with Crippen LogP contribution in [0.5, 0.6) is 5.75 Å². The van der Waals surface area contributed by atoms with Gasteiger partial charge in [0.25, 0.3) is 0 Å². The fraction of sp³-hybridized carbons (Fsp3) is 0.529. The Balaban J connectivity index is 1.73. The van der Waals surface area contributed by atoms with Crippen LogP contribution in [0, 0.1) is 17.8 Å². The molecule has 1 fully saturated rings. The molecule has 0 unspecified atom stereocenters. The molecule has 2 rings (SSSR count). The largest absolute Gasteiger partial charge is 0.492 e. The summed E-state index contributed by atoms with van der Waals surface area (Å²) in [6, 6.07) is 7.80. The minimum absolute atomic E-state index is 0.320. The molecule has 0 aromatic heterocycles. The van der Waals surface area contributed by atoms with Gasteiger partial charge in [-0.1, -0.05) is 17.9 Å². The monoisotopic (exact) mass is 288 g/mol. The zero-order valence-electron chi connectivity index (χ0n) is 12.4. The second-order valence-corrected chi connectivity index (χ2v) is 5.35. The molecule has 1 heterocycles. The van der Waals surface area contributed by atoms with Crippen LogP contribution in [0.25, 0.3) is 0 Å². The predicted molar refractivity (Wildman–Crippen MR) is 84.1 cm³/mol. The number of rotatable bonds is 5. The average Bonchev–Trinajstić information content (AvgIpc) is 2.54. The first-order valence-corrected chi connectivity index (χ1v) is 7.57. The summed E-state index contributed by atoms with van der Waals surface area (Å²) >= 11 is 0. The van der Waals surface area contributed by atoms with E-state index in [0.29, 0.717) is 25.7 Å². The summed E-state index contributed by atoms with van der Waals surface area (Å²) in [7, 11) is 0. The Kier molecular flexibility index (Phi) is 6.55. The van der Waals surface area contributed by atoms with Crippen LogP contribution in [0.4, 0.5) is 0 Å². The van der Waals surface area contributed by atoms with Crippen LogP contribution in [0.15, 0.2) is 24.3 Å². The number of nitrogens with two attached hydrogens (primary N) is 1. The summed E-state index contributed by atoms with van der Waals surface area (Å²) in [6.07, 6.45) is 2.17. The molecule has 114 valence electrons. The number of aliphatic hydroxyl groups excluding tert-OH is 1. The average molecular weight is 288 g/mol. The molecule has 0 amide bonds. The van der Waals surface area contributed by atoms with Gasteiger partial charge >= 0.3 is 0 Å². The van der Waals surface area contributed by atoms with E-state index in [4.69, 9.17) is 15.6 Å². The van der Waals surface area contributed by atoms with Crippen molar-refractivity contribution in [1.82, 2.24) is 4.90 Å². The Hall–Kier alpha value is -1.54. The number of piperidine rings is 1. The third-order valence-electron chi connectivity index (χ3n) is 3.81. The van der Waals surface area contributed by atoms with Gasteiger partial charge in [0.05, 0.1) is 6.54 Å². The molecule has 0 atom stereocenters. The number of nitrogens with zero attached hydrogens (tertiary/aromatic N) is 1. The quantitative estimate of drug-likeness (QED) is 0.796. The molecule has 4 nitrogen and oxygen atoms in total. The Morgan fingerprint density at radius 2 is 2.14 bits per heavy atom. The van der Waals surface area contributed by atoms with Gasteiger partial charge in [0.2, 0.25) is 0 Å². The van der Waals surface area contributed by atoms with Crippen molar-refractivity contribution < 1.29 is 9.84 Å². The molecule has 1 aromatic carbocycles. The Morgan fingerprint density at radius 1 is 1.33 bits per heavy atom. The van der Waals surface area contributed by atoms with E-state index in [1.807, 2.05) is 24.3 Å². The number of ether oxygens (including phenoxy) is 1. The molecule has 0 spiro atoms. The van der Waals surface area contributed by atoms with Crippen molar-refractivity contribution in [2.24, 2.45) is 11.7 Å². The highest BCUT2D eigenvalue weighted by Crippen LogP contribution is 2.16. The topological polar surface area (TPSA) is 58.7 Å². The van der Waals surface area contributed by atoms with Gasteiger partial charge in [0.15, 0.2) is 0 Å². The van der Waals surface area contributed by atoms with Crippen LogP contribution in [-0.4, -0.2) is 49.4 Å². The second kappa shape index (κ2) is 8.68. The number of likely N-dealkylation sites (tertiary alicyclic amines) is 1. The van der Waals surface area contributed by atoms with Crippen molar-refractivity contribution in [3.63, 3.8) is 0 Å². The summed E-state index contributed by atoms with van der Waals surface area (Å²) in [6.45, 7) is 4.40. The van der Waals surface area contributed by atoms with Crippen molar-refractivity contribution in [3.8, 4) is 17.6 Å². The summed E-state index contributed by atoms with van der Waals surface area (Å²) in [5.74, 6) is 7.19. The molecular formula is C17H24N2O2. The maximum Gasteiger partial charge on any atom is 0.120 e. The normalized spacial score (nSPS) is 16.3. The number of aliphatic hydroxyl groups is 1. The zero-order chi connectivity index (χ0) is 14.9. The van der Waals surface area contributed by atoms with Gasteiger partial charge in [-0.25, -0.2) is 0 Å². The van der Waals surface area contributed by atoms with Gasteiger partial charge in [0, 0.05) is 18.7 Å². The van der Waals surface area contributed by atoms with E-state index in [9.17, 15) is 0 Å². The Labute approximate surface area is 126 Å². The SMILES string of the molecule is NCC#Cc1cccc(OCCN2CCC(CO)CC2)c1. The van der Waals surface area contributed by atoms with Crippen LogP contribution in [0.2, 0.25) is 0 Å². The van der Waals surface area contributed by atoms with Gasteiger partial charge in [-0.2, -0.15) is 0 Å². The van der Waals surface area contributed by atoms with E-state index in [2.05, 4.69) is 16.7 Å². The lowest BCUT2D eigenvalue weighted by Crippen LogP contribution is -2.37. The Morgan fingerprint density at radius 3 is 2.86 bits per heavy atom. The highest BCUT2D eigenvalue weighted by atomic mass is 16.5. The van der Waals surface area contributed by atoms with Gasteiger partial charge in [0.1, 0.15) is 12.4 Å². The van der Waals surface area contributed by atoms with Crippen LogP contribution in [0.1, 0.15) is 18.4 Å². The highest BCUT2D eigenvalue weighted by molar-refractivity contribution is 5.39. The molecule has 21 heavy (non-hydrogen) atoms. The van der Waals surface area contributed by atoms with Crippen LogP contribution < -0.4 is 10.5 Å².